The number of esters is 1. The summed E-state index contributed by atoms with van der Waals surface area (Å²) in [5.74, 6) is -1.57. The molecule has 0 aliphatic carbocycles. The van der Waals surface area contributed by atoms with Gasteiger partial charge in [-0.05, 0) is 44.4 Å². The van der Waals surface area contributed by atoms with Crippen LogP contribution in [0.25, 0.3) is 0 Å². The van der Waals surface area contributed by atoms with E-state index in [9.17, 15) is 19.2 Å². The first-order valence-corrected chi connectivity index (χ1v) is 9.97. The molecule has 1 aliphatic rings. The van der Waals surface area contributed by atoms with E-state index in [2.05, 4.69) is 5.32 Å². The van der Waals surface area contributed by atoms with E-state index in [1.165, 1.54) is 4.90 Å². The molecule has 1 atom stereocenters. The van der Waals surface area contributed by atoms with Crippen molar-refractivity contribution in [1.82, 2.24) is 4.90 Å². The first-order chi connectivity index (χ1) is 13.8. The Balaban J connectivity index is 1.72. The predicted octanol–water partition coefficient (Wildman–Crippen LogP) is 3.03. The lowest BCUT2D eigenvalue weighted by Gasteiger charge is -2.19. The summed E-state index contributed by atoms with van der Waals surface area (Å²) < 4.78 is 4.95. The molecule has 2 heterocycles. The van der Waals surface area contributed by atoms with Crippen molar-refractivity contribution in [2.24, 2.45) is 0 Å². The molecule has 1 aromatic heterocycles. The highest BCUT2D eigenvalue weighted by molar-refractivity contribution is 7.14. The van der Waals surface area contributed by atoms with E-state index in [1.54, 1.807) is 37.4 Å². The number of anilines is 2. The number of urea groups is 1. The van der Waals surface area contributed by atoms with Crippen LogP contribution in [-0.4, -0.2) is 47.9 Å². The number of amides is 4. The van der Waals surface area contributed by atoms with E-state index in [1.807, 2.05) is 19.1 Å². The number of ether oxygens (including phenoxy) is 1. The minimum Gasteiger partial charge on any atom is -0.462 e. The Morgan fingerprint density at radius 2 is 1.86 bits per heavy atom. The van der Waals surface area contributed by atoms with Crippen LogP contribution in [0.5, 0.6) is 0 Å². The lowest BCUT2D eigenvalue weighted by Crippen LogP contribution is -2.39. The van der Waals surface area contributed by atoms with Gasteiger partial charge in [-0.15, -0.1) is 11.3 Å². The fourth-order valence-electron chi connectivity index (χ4n) is 3.00. The van der Waals surface area contributed by atoms with E-state index < -0.39 is 36.4 Å². The summed E-state index contributed by atoms with van der Waals surface area (Å²) in [4.78, 5) is 52.0. The molecule has 1 unspecified atom stereocenters. The lowest BCUT2D eigenvalue weighted by atomic mass is 10.2. The van der Waals surface area contributed by atoms with Gasteiger partial charge in [0.2, 0.25) is 5.91 Å². The first-order valence-electron chi connectivity index (χ1n) is 9.09. The molecule has 3 rings (SSSR count). The summed E-state index contributed by atoms with van der Waals surface area (Å²) >= 11 is 1.16. The van der Waals surface area contributed by atoms with Crippen molar-refractivity contribution in [3.8, 4) is 0 Å². The molecule has 2 aromatic rings. The molecule has 1 fully saturated rings. The number of carbonyl (C=O) groups is 4. The van der Waals surface area contributed by atoms with Crippen LogP contribution < -0.4 is 10.2 Å². The number of hydrogen-bond donors (Lipinski definition) is 1. The van der Waals surface area contributed by atoms with Gasteiger partial charge in [0.15, 0.2) is 0 Å². The van der Waals surface area contributed by atoms with Crippen LogP contribution in [0.4, 0.5) is 15.5 Å². The number of hydrogen-bond acceptors (Lipinski definition) is 6. The van der Waals surface area contributed by atoms with Gasteiger partial charge in [0.25, 0.3) is 5.91 Å². The average Bonchev–Trinajstić information content (AvgIpc) is 3.22. The fourth-order valence-corrected chi connectivity index (χ4v) is 3.79. The Kier molecular flexibility index (Phi) is 5.97. The predicted molar refractivity (Wildman–Crippen MR) is 109 cm³/mol. The third-order valence-electron chi connectivity index (χ3n) is 4.48. The van der Waals surface area contributed by atoms with Gasteiger partial charge in [0, 0.05) is 5.69 Å². The summed E-state index contributed by atoms with van der Waals surface area (Å²) in [6, 6.07) is 7.50. The van der Waals surface area contributed by atoms with Crippen molar-refractivity contribution >= 4 is 45.8 Å². The summed E-state index contributed by atoms with van der Waals surface area (Å²) in [7, 11) is 0. The van der Waals surface area contributed by atoms with E-state index >= 15 is 0 Å². The average molecular weight is 415 g/mol. The Bertz CT molecular complexity index is 953. The maximum absolute atomic E-state index is 12.8. The molecule has 29 heavy (non-hydrogen) atoms. The molecule has 1 saturated heterocycles. The molecule has 0 saturated carbocycles. The highest BCUT2D eigenvalue weighted by Crippen LogP contribution is 2.27. The monoisotopic (exact) mass is 415 g/mol. The number of imide groups is 1. The summed E-state index contributed by atoms with van der Waals surface area (Å²) in [5.41, 5.74) is 1.86. The van der Waals surface area contributed by atoms with Gasteiger partial charge in [-0.3, -0.25) is 19.4 Å². The molecule has 9 heteroatoms. The zero-order valence-corrected chi connectivity index (χ0v) is 17.1. The van der Waals surface area contributed by atoms with Crippen molar-refractivity contribution in [3.63, 3.8) is 0 Å². The Morgan fingerprint density at radius 3 is 2.52 bits per heavy atom. The van der Waals surface area contributed by atoms with Crippen LogP contribution in [0.3, 0.4) is 0 Å². The molecular weight excluding hydrogens is 394 g/mol. The second kappa shape index (κ2) is 8.44. The molecule has 152 valence electrons. The van der Waals surface area contributed by atoms with Crippen LogP contribution in [0.2, 0.25) is 0 Å². The number of benzene rings is 1. The zero-order chi connectivity index (χ0) is 21.1. The minimum absolute atomic E-state index is 0.214. The Hall–Kier alpha value is -3.20. The van der Waals surface area contributed by atoms with Crippen LogP contribution in [0.1, 0.15) is 29.8 Å². The molecule has 0 radical (unpaired) electrons. The summed E-state index contributed by atoms with van der Waals surface area (Å²) in [6.07, 6.45) is 0. The van der Waals surface area contributed by atoms with E-state index in [-0.39, 0.29) is 12.2 Å². The second-order valence-corrected chi connectivity index (χ2v) is 7.44. The number of thiophene rings is 1. The highest BCUT2D eigenvalue weighted by atomic mass is 32.1. The largest absolute Gasteiger partial charge is 0.462 e. The van der Waals surface area contributed by atoms with Crippen molar-refractivity contribution in [1.29, 1.82) is 0 Å². The van der Waals surface area contributed by atoms with Crippen molar-refractivity contribution in [2.45, 2.75) is 26.8 Å². The van der Waals surface area contributed by atoms with Gasteiger partial charge >= 0.3 is 12.0 Å². The van der Waals surface area contributed by atoms with Gasteiger partial charge in [0.1, 0.15) is 17.6 Å². The SMILES string of the molecule is CCOC(=O)c1ccsc1NC(=O)CN1C(=O)C(C)N(c2ccc(C)cc2)C1=O. The van der Waals surface area contributed by atoms with Crippen LogP contribution >= 0.6 is 11.3 Å². The molecule has 1 aromatic carbocycles. The summed E-state index contributed by atoms with van der Waals surface area (Å²) in [5, 5.41) is 4.55. The standard InChI is InChI=1S/C20H21N3O5S/c1-4-28-19(26)15-9-10-29-17(15)21-16(24)11-22-18(25)13(3)23(20(22)27)14-7-5-12(2)6-8-14/h5-10,13H,4,11H2,1-3H3,(H,21,24). The quantitative estimate of drug-likeness (QED) is 0.578. The van der Waals surface area contributed by atoms with Crippen molar-refractivity contribution in [3.05, 3.63) is 46.8 Å². The van der Waals surface area contributed by atoms with Crippen LogP contribution in [0.15, 0.2) is 35.7 Å². The van der Waals surface area contributed by atoms with Crippen LogP contribution in [-0.2, 0) is 14.3 Å². The molecule has 4 amide bonds. The number of nitrogens with one attached hydrogen (secondary N) is 1. The van der Waals surface area contributed by atoms with Gasteiger partial charge in [-0.25, -0.2) is 9.59 Å². The molecule has 1 N–H and O–H groups in total. The van der Waals surface area contributed by atoms with Crippen molar-refractivity contribution < 1.29 is 23.9 Å². The first kappa shape index (κ1) is 20.5. The fraction of sp³-hybridized carbons (Fsp3) is 0.300. The lowest BCUT2D eigenvalue weighted by molar-refractivity contribution is -0.130. The highest BCUT2D eigenvalue weighted by Gasteiger charge is 2.44. The summed E-state index contributed by atoms with van der Waals surface area (Å²) in [6.45, 7) is 5.01. The van der Waals surface area contributed by atoms with Crippen LogP contribution in [0, 0.1) is 6.92 Å². The Morgan fingerprint density at radius 1 is 1.17 bits per heavy atom. The topological polar surface area (TPSA) is 96.0 Å². The van der Waals surface area contributed by atoms with Gasteiger partial charge in [0.05, 0.1) is 12.2 Å². The molecule has 0 bridgehead atoms. The maximum atomic E-state index is 12.8. The second-order valence-electron chi connectivity index (χ2n) is 6.52. The van der Waals surface area contributed by atoms with Gasteiger partial charge < -0.3 is 10.1 Å². The van der Waals surface area contributed by atoms with Gasteiger partial charge in [-0.2, -0.15) is 0 Å². The number of nitrogens with zero attached hydrogens (tertiary/aromatic N) is 2. The van der Waals surface area contributed by atoms with E-state index in [0.717, 1.165) is 21.8 Å². The maximum Gasteiger partial charge on any atom is 0.341 e. The Labute approximate surface area is 172 Å². The van der Waals surface area contributed by atoms with Crippen molar-refractivity contribution in [2.75, 3.05) is 23.4 Å². The smallest absolute Gasteiger partial charge is 0.341 e. The molecule has 8 nitrogen and oxygen atoms in total. The van der Waals surface area contributed by atoms with E-state index in [0.29, 0.717) is 10.7 Å². The minimum atomic E-state index is -0.713. The normalized spacial score (nSPS) is 16.3. The molecule has 0 spiro atoms. The number of carbonyl (C=O) groups excluding carboxylic acids is 4. The number of aryl methyl sites for hydroxylation is 1. The molecular formula is C20H21N3O5S. The van der Waals surface area contributed by atoms with E-state index in [4.69, 9.17) is 4.74 Å². The number of rotatable bonds is 6. The third-order valence-corrected chi connectivity index (χ3v) is 5.30. The van der Waals surface area contributed by atoms with Gasteiger partial charge in [-0.1, -0.05) is 17.7 Å². The third kappa shape index (κ3) is 4.14. The zero-order valence-electron chi connectivity index (χ0n) is 16.3. The molecule has 1 aliphatic heterocycles.